The highest BCUT2D eigenvalue weighted by molar-refractivity contribution is 6.29. The van der Waals surface area contributed by atoms with Crippen LogP contribution in [0.3, 0.4) is 0 Å². The molecule has 23 heavy (non-hydrogen) atoms. The Balaban J connectivity index is 1.91. The van der Waals surface area contributed by atoms with E-state index in [1.165, 1.54) is 30.4 Å². The molecule has 1 saturated heterocycles. The van der Waals surface area contributed by atoms with Crippen molar-refractivity contribution in [1.29, 1.82) is 0 Å². The van der Waals surface area contributed by atoms with Gasteiger partial charge in [-0.25, -0.2) is 9.97 Å². The Morgan fingerprint density at radius 3 is 2.43 bits per heavy atom. The lowest BCUT2D eigenvalue weighted by Gasteiger charge is -2.28. The van der Waals surface area contributed by atoms with Gasteiger partial charge in [0, 0.05) is 18.5 Å². The van der Waals surface area contributed by atoms with Crippen LogP contribution in [0.25, 0.3) is 22.2 Å². The van der Waals surface area contributed by atoms with E-state index in [1.54, 1.807) is 0 Å². The molecule has 0 spiro atoms. The van der Waals surface area contributed by atoms with Crippen molar-refractivity contribution >= 4 is 28.5 Å². The highest BCUT2D eigenvalue weighted by Crippen LogP contribution is 2.32. The first-order chi connectivity index (χ1) is 11.3. The molecule has 1 aliphatic heterocycles. The van der Waals surface area contributed by atoms with Crippen LogP contribution in [0.4, 0.5) is 5.82 Å². The average molecular weight is 324 g/mol. The first-order valence-corrected chi connectivity index (χ1v) is 8.47. The van der Waals surface area contributed by atoms with E-state index < -0.39 is 0 Å². The molecule has 0 radical (unpaired) electrons. The van der Waals surface area contributed by atoms with Crippen molar-refractivity contribution in [3.8, 4) is 11.1 Å². The van der Waals surface area contributed by atoms with E-state index in [0.29, 0.717) is 5.15 Å². The first-order valence-electron chi connectivity index (χ1n) is 8.09. The number of hydrogen-bond donors (Lipinski definition) is 0. The molecule has 1 aromatic carbocycles. The molecule has 3 heterocycles. The first kappa shape index (κ1) is 14.5. The number of halogens is 1. The minimum absolute atomic E-state index is 0.486. The molecule has 4 rings (SSSR count). The lowest BCUT2D eigenvalue weighted by atomic mass is 10.0. The molecular formula is C19H18ClN3. The van der Waals surface area contributed by atoms with Gasteiger partial charge < -0.3 is 4.90 Å². The molecule has 116 valence electrons. The number of anilines is 1. The summed E-state index contributed by atoms with van der Waals surface area (Å²) in [6.07, 6.45) is 3.76. The fourth-order valence-electron chi connectivity index (χ4n) is 3.21. The molecule has 0 atom stereocenters. The van der Waals surface area contributed by atoms with E-state index in [9.17, 15) is 0 Å². The van der Waals surface area contributed by atoms with Crippen molar-refractivity contribution in [2.75, 3.05) is 18.0 Å². The van der Waals surface area contributed by atoms with Crippen molar-refractivity contribution in [1.82, 2.24) is 9.97 Å². The number of benzene rings is 1. The predicted molar refractivity (Wildman–Crippen MR) is 96.0 cm³/mol. The second-order valence-corrected chi connectivity index (χ2v) is 6.33. The number of piperidine rings is 1. The van der Waals surface area contributed by atoms with E-state index in [-0.39, 0.29) is 0 Å². The molecule has 0 saturated carbocycles. The van der Waals surface area contributed by atoms with Gasteiger partial charge in [0.15, 0.2) is 5.65 Å². The molecule has 1 aliphatic rings. The molecule has 0 N–H and O–H groups in total. The van der Waals surface area contributed by atoms with Crippen molar-refractivity contribution in [3.05, 3.63) is 53.7 Å². The number of nitrogens with zero attached hydrogens (tertiary/aromatic N) is 3. The van der Waals surface area contributed by atoms with E-state index in [4.69, 9.17) is 16.6 Å². The maximum absolute atomic E-state index is 6.09. The van der Waals surface area contributed by atoms with Crippen LogP contribution in [-0.2, 0) is 0 Å². The Morgan fingerprint density at radius 2 is 1.65 bits per heavy atom. The second kappa shape index (κ2) is 6.17. The van der Waals surface area contributed by atoms with Crippen LogP contribution in [0, 0.1) is 0 Å². The molecular weight excluding hydrogens is 306 g/mol. The number of hydrogen-bond acceptors (Lipinski definition) is 3. The predicted octanol–water partition coefficient (Wildman–Crippen LogP) is 4.94. The molecule has 0 bridgehead atoms. The zero-order valence-corrected chi connectivity index (χ0v) is 13.6. The summed E-state index contributed by atoms with van der Waals surface area (Å²) in [6.45, 7) is 2.13. The summed E-state index contributed by atoms with van der Waals surface area (Å²) in [5.74, 6) is 1.01. The largest absolute Gasteiger partial charge is 0.357 e. The zero-order valence-electron chi connectivity index (χ0n) is 12.9. The van der Waals surface area contributed by atoms with Gasteiger partial charge in [-0.15, -0.1) is 0 Å². The van der Waals surface area contributed by atoms with Gasteiger partial charge in [-0.1, -0.05) is 41.9 Å². The summed E-state index contributed by atoms with van der Waals surface area (Å²) in [5.41, 5.74) is 3.07. The Kier molecular flexibility index (Phi) is 3.88. The summed E-state index contributed by atoms with van der Waals surface area (Å²) in [5, 5.41) is 1.53. The molecule has 0 amide bonds. The minimum atomic E-state index is 0.486. The number of rotatable bonds is 2. The maximum Gasteiger partial charge on any atom is 0.163 e. The highest BCUT2D eigenvalue weighted by atomic mass is 35.5. The quantitative estimate of drug-likeness (QED) is 0.625. The molecule has 0 aliphatic carbocycles. The monoisotopic (exact) mass is 323 g/mol. The second-order valence-electron chi connectivity index (χ2n) is 5.95. The number of fused-ring (bicyclic) bond motifs is 1. The van der Waals surface area contributed by atoms with Gasteiger partial charge in [-0.3, -0.25) is 0 Å². The molecule has 3 nitrogen and oxygen atoms in total. The minimum Gasteiger partial charge on any atom is -0.357 e. The van der Waals surface area contributed by atoms with E-state index in [1.807, 2.05) is 18.2 Å². The third kappa shape index (κ3) is 2.89. The maximum atomic E-state index is 6.09. The van der Waals surface area contributed by atoms with Gasteiger partial charge in [-0.05, 0) is 48.6 Å². The lowest BCUT2D eigenvalue weighted by molar-refractivity contribution is 0.574. The fraction of sp³-hybridized carbons (Fsp3) is 0.263. The van der Waals surface area contributed by atoms with Gasteiger partial charge in [0.05, 0.1) is 0 Å². The normalized spacial score (nSPS) is 15.1. The highest BCUT2D eigenvalue weighted by Gasteiger charge is 2.16. The molecule has 4 heteroatoms. The fourth-order valence-corrected chi connectivity index (χ4v) is 3.35. The Hall–Kier alpha value is -2.13. The van der Waals surface area contributed by atoms with Crippen LogP contribution in [0.2, 0.25) is 5.15 Å². The summed E-state index contributed by atoms with van der Waals surface area (Å²) >= 11 is 6.09. The average Bonchev–Trinajstić information content (AvgIpc) is 2.62. The summed E-state index contributed by atoms with van der Waals surface area (Å²) in [4.78, 5) is 11.6. The summed E-state index contributed by atoms with van der Waals surface area (Å²) < 4.78 is 0. The van der Waals surface area contributed by atoms with Crippen LogP contribution < -0.4 is 4.90 Å². The van der Waals surface area contributed by atoms with E-state index in [2.05, 4.69) is 40.2 Å². The molecule has 1 fully saturated rings. The molecule has 3 aromatic rings. The zero-order chi connectivity index (χ0) is 15.6. The smallest absolute Gasteiger partial charge is 0.163 e. The SMILES string of the molecule is Clc1ccc2c(-c3ccccc3)cc(N3CCCCC3)nc2n1. The third-order valence-corrected chi connectivity index (χ3v) is 4.60. The van der Waals surface area contributed by atoms with Gasteiger partial charge in [-0.2, -0.15) is 0 Å². The van der Waals surface area contributed by atoms with E-state index in [0.717, 1.165) is 29.9 Å². The van der Waals surface area contributed by atoms with Gasteiger partial charge in [0.25, 0.3) is 0 Å². The standard InChI is InChI=1S/C19H18ClN3/c20-17-10-9-15-16(14-7-3-1-4-8-14)13-18(22-19(15)21-17)23-11-5-2-6-12-23/h1,3-4,7-10,13H,2,5-6,11-12H2. The van der Waals surface area contributed by atoms with Crippen LogP contribution in [0.15, 0.2) is 48.5 Å². The van der Waals surface area contributed by atoms with Crippen LogP contribution in [0.5, 0.6) is 0 Å². The van der Waals surface area contributed by atoms with Gasteiger partial charge >= 0.3 is 0 Å². The summed E-state index contributed by atoms with van der Waals surface area (Å²) in [6, 6.07) is 16.5. The van der Waals surface area contributed by atoms with Crippen molar-refractivity contribution in [2.24, 2.45) is 0 Å². The Labute approximate surface area is 140 Å². The van der Waals surface area contributed by atoms with Crippen molar-refractivity contribution < 1.29 is 0 Å². The van der Waals surface area contributed by atoms with E-state index >= 15 is 0 Å². The summed E-state index contributed by atoms with van der Waals surface area (Å²) in [7, 11) is 0. The lowest BCUT2D eigenvalue weighted by Crippen LogP contribution is -2.30. The Morgan fingerprint density at radius 1 is 0.870 bits per heavy atom. The van der Waals surface area contributed by atoms with Crippen molar-refractivity contribution in [3.63, 3.8) is 0 Å². The van der Waals surface area contributed by atoms with Gasteiger partial charge in [0.1, 0.15) is 11.0 Å². The molecule has 0 unspecified atom stereocenters. The van der Waals surface area contributed by atoms with Crippen LogP contribution >= 0.6 is 11.6 Å². The van der Waals surface area contributed by atoms with Gasteiger partial charge in [0.2, 0.25) is 0 Å². The van der Waals surface area contributed by atoms with Crippen molar-refractivity contribution in [2.45, 2.75) is 19.3 Å². The number of aromatic nitrogens is 2. The number of pyridine rings is 2. The Bertz CT molecular complexity index is 827. The van der Waals surface area contributed by atoms with Crippen LogP contribution in [0.1, 0.15) is 19.3 Å². The topological polar surface area (TPSA) is 29.0 Å². The van der Waals surface area contributed by atoms with Crippen LogP contribution in [-0.4, -0.2) is 23.1 Å². The third-order valence-electron chi connectivity index (χ3n) is 4.39. The molecule has 2 aromatic heterocycles.